The van der Waals surface area contributed by atoms with Crippen LogP contribution in [0.1, 0.15) is 24.3 Å². The van der Waals surface area contributed by atoms with Crippen LogP contribution in [-0.2, 0) is 11.3 Å². The highest BCUT2D eigenvalue weighted by Crippen LogP contribution is 2.19. The molecule has 1 atom stereocenters. The molecule has 1 unspecified atom stereocenters. The van der Waals surface area contributed by atoms with Gasteiger partial charge in [0.05, 0.1) is 12.6 Å². The minimum Gasteiger partial charge on any atom is -0.346 e. The van der Waals surface area contributed by atoms with Gasteiger partial charge in [0.2, 0.25) is 17.6 Å². The van der Waals surface area contributed by atoms with E-state index in [-0.39, 0.29) is 24.3 Å². The number of carbonyl (C=O) groups excluding carboxylic acids is 1. The Hall–Kier alpha value is -2.28. The molecule has 1 aromatic heterocycles. The summed E-state index contributed by atoms with van der Waals surface area (Å²) in [5.74, 6) is 0.215. The number of aromatic nitrogens is 2. The van der Waals surface area contributed by atoms with E-state index in [0.29, 0.717) is 22.8 Å². The van der Waals surface area contributed by atoms with Gasteiger partial charge in [0, 0.05) is 5.56 Å². The zero-order valence-corrected chi connectivity index (χ0v) is 12.2. The number of hydrogen-bond donors (Lipinski definition) is 2. The van der Waals surface area contributed by atoms with Crippen molar-refractivity contribution in [3.8, 4) is 11.4 Å². The summed E-state index contributed by atoms with van der Waals surface area (Å²) in [6.07, 6.45) is 1.84. The van der Waals surface area contributed by atoms with E-state index in [1.165, 1.54) is 6.07 Å². The fourth-order valence-electron chi connectivity index (χ4n) is 2.37. The van der Waals surface area contributed by atoms with Gasteiger partial charge in [0.25, 0.3) is 0 Å². The fourth-order valence-corrected chi connectivity index (χ4v) is 2.37. The summed E-state index contributed by atoms with van der Waals surface area (Å²) in [6.45, 7) is 2.72. The summed E-state index contributed by atoms with van der Waals surface area (Å²) < 4.78 is 18.6. The number of carbonyl (C=O) groups is 1. The molecule has 0 radical (unpaired) electrons. The number of halogens is 1. The lowest BCUT2D eigenvalue weighted by molar-refractivity contribution is -0.123. The van der Waals surface area contributed by atoms with Gasteiger partial charge in [-0.15, -0.1) is 0 Å². The van der Waals surface area contributed by atoms with E-state index >= 15 is 0 Å². The van der Waals surface area contributed by atoms with E-state index in [9.17, 15) is 9.18 Å². The molecule has 2 N–H and O–H groups in total. The zero-order chi connectivity index (χ0) is 15.5. The maximum absolute atomic E-state index is 13.5. The van der Waals surface area contributed by atoms with Crippen molar-refractivity contribution in [1.82, 2.24) is 20.8 Å². The van der Waals surface area contributed by atoms with E-state index < -0.39 is 0 Å². The van der Waals surface area contributed by atoms with Crippen LogP contribution in [0.2, 0.25) is 0 Å². The van der Waals surface area contributed by atoms with Gasteiger partial charge in [0.15, 0.2) is 0 Å². The molecule has 1 aliphatic rings. The van der Waals surface area contributed by atoms with Crippen molar-refractivity contribution < 1.29 is 13.7 Å². The Morgan fingerprint density at radius 3 is 3.14 bits per heavy atom. The van der Waals surface area contributed by atoms with Gasteiger partial charge in [-0.25, -0.2) is 4.39 Å². The average Bonchev–Trinajstić information content (AvgIpc) is 3.19. The lowest BCUT2D eigenvalue weighted by atomic mass is 10.1. The van der Waals surface area contributed by atoms with Crippen molar-refractivity contribution in [2.75, 3.05) is 6.54 Å². The molecular weight excluding hydrogens is 287 g/mol. The van der Waals surface area contributed by atoms with Crippen LogP contribution in [0.5, 0.6) is 0 Å². The molecule has 2 aromatic rings. The molecule has 1 aliphatic heterocycles. The van der Waals surface area contributed by atoms with Gasteiger partial charge < -0.3 is 15.2 Å². The van der Waals surface area contributed by atoms with Crippen LogP contribution < -0.4 is 10.6 Å². The minimum absolute atomic E-state index is 0.0707. The second kappa shape index (κ2) is 6.23. The quantitative estimate of drug-likeness (QED) is 0.896. The van der Waals surface area contributed by atoms with Gasteiger partial charge in [-0.1, -0.05) is 17.3 Å². The summed E-state index contributed by atoms with van der Waals surface area (Å²) >= 11 is 0. The zero-order valence-electron chi connectivity index (χ0n) is 12.2. The Bertz CT molecular complexity index is 680. The SMILES string of the molecule is Cc1ccc(-c2noc(CNC(=O)C3CCCN3)n2)cc1F. The first-order valence-corrected chi connectivity index (χ1v) is 7.23. The molecule has 0 saturated carbocycles. The molecule has 2 heterocycles. The van der Waals surface area contributed by atoms with Crippen LogP contribution in [0.4, 0.5) is 4.39 Å². The number of amides is 1. The summed E-state index contributed by atoms with van der Waals surface area (Å²) in [5, 5.41) is 9.68. The molecular formula is C15H17FN4O2. The lowest BCUT2D eigenvalue weighted by Gasteiger charge is -2.08. The first kappa shape index (κ1) is 14.6. The highest BCUT2D eigenvalue weighted by Gasteiger charge is 2.22. The average molecular weight is 304 g/mol. The summed E-state index contributed by atoms with van der Waals surface area (Å²) in [4.78, 5) is 16.0. The van der Waals surface area contributed by atoms with E-state index in [4.69, 9.17) is 4.52 Å². The van der Waals surface area contributed by atoms with Gasteiger partial charge >= 0.3 is 0 Å². The molecule has 0 bridgehead atoms. The first-order chi connectivity index (χ1) is 10.6. The Balaban J connectivity index is 1.63. The molecule has 22 heavy (non-hydrogen) atoms. The summed E-state index contributed by atoms with van der Waals surface area (Å²) in [6, 6.07) is 4.61. The predicted molar refractivity (Wildman–Crippen MR) is 77.3 cm³/mol. The van der Waals surface area contributed by atoms with Crippen LogP contribution in [0, 0.1) is 12.7 Å². The minimum atomic E-state index is -0.315. The predicted octanol–water partition coefficient (Wildman–Crippen LogP) is 1.55. The largest absolute Gasteiger partial charge is 0.346 e. The van der Waals surface area contributed by atoms with Crippen molar-refractivity contribution in [2.24, 2.45) is 0 Å². The maximum atomic E-state index is 13.5. The van der Waals surface area contributed by atoms with Crippen molar-refractivity contribution >= 4 is 5.91 Å². The van der Waals surface area contributed by atoms with Crippen molar-refractivity contribution in [1.29, 1.82) is 0 Å². The second-order valence-corrected chi connectivity index (χ2v) is 5.34. The number of nitrogens with zero attached hydrogens (tertiary/aromatic N) is 2. The van der Waals surface area contributed by atoms with Crippen LogP contribution in [-0.4, -0.2) is 28.6 Å². The summed E-state index contributed by atoms with van der Waals surface area (Å²) in [7, 11) is 0. The van der Waals surface area contributed by atoms with Gasteiger partial charge in [-0.2, -0.15) is 4.98 Å². The molecule has 6 nitrogen and oxygen atoms in total. The number of benzene rings is 1. The van der Waals surface area contributed by atoms with E-state index in [2.05, 4.69) is 20.8 Å². The highest BCUT2D eigenvalue weighted by molar-refractivity contribution is 5.81. The number of aryl methyl sites for hydroxylation is 1. The monoisotopic (exact) mass is 304 g/mol. The normalized spacial score (nSPS) is 17.6. The smallest absolute Gasteiger partial charge is 0.246 e. The van der Waals surface area contributed by atoms with E-state index in [1.807, 2.05) is 0 Å². The summed E-state index contributed by atoms with van der Waals surface area (Å²) in [5.41, 5.74) is 1.10. The molecule has 1 aromatic carbocycles. The van der Waals surface area contributed by atoms with Crippen LogP contribution in [0.25, 0.3) is 11.4 Å². The molecule has 1 saturated heterocycles. The number of hydrogen-bond acceptors (Lipinski definition) is 5. The Morgan fingerprint density at radius 2 is 2.41 bits per heavy atom. The molecule has 0 aliphatic carbocycles. The number of nitrogens with one attached hydrogen (secondary N) is 2. The Kier molecular flexibility index (Phi) is 4.15. The molecule has 1 fully saturated rings. The third-order valence-electron chi connectivity index (χ3n) is 3.69. The Morgan fingerprint density at radius 1 is 1.55 bits per heavy atom. The first-order valence-electron chi connectivity index (χ1n) is 7.23. The molecule has 116 valence electrons. The van der Waals surface area contributed by atoms with Gasteiger partial charge in [0.1, 0.15) is 5.82 Å². The van der Waals surface area contributed by atoms with Crippen molar-refractivity contribution in [3.05, 3.63) is 35.5 Å². The molecule has 1 amide bonds. The van der Waals surface area contributed by atoms with Crippen molar-refractivity contribution in [2.45, 2.75) is 32.4 Å². The lowest BCUT2D eigenvalue weighted by Crippen LogP contribution is -2.40. The Labute approximate surface area is 127 Å². The second-order valence-electron chi connectivity index (χ2n) is 5.34. The van der Waals surface area contributed by atoms with Gasteiger partial charge in [-0.3, -0.25) is 4.79 Å². The van der Waals surface area contributed by atoms with E-state index in [0.717, 1.165) is 19.4 Å². The fraction of sp³-hybridized carbons (Fsp3) is 0.400. The van der Waals surface area contributed by atoms with Gasteiger partial charge in [-0.05, 0) is 37.9 Å². The third-order valence-corrected chi connectivity index (χ3v) is 3.69. The van der Waals surface area contributed by atoms with E-state index in [1.54, 1.807) is 19.1 Å². The topological polar surface area (TPSA) is 80.0 Å². The third kappa shape index (κ3) is 3.14. The highest BCUT2D eigenvalue weighted by atomic mass is 19.1. The van der Waals surface area contributed by atoms with Crippen molar-refractivity contribution in [3.63, 3.8) is 0 Å². The van der Waals surface area contributed by atoms with Crippen LogP contribution >= 0.6 is 0 Å². The maximum Gasteiger partial charge on any atom is 0.246 e. The molecule has 0 spiro atoms. The number of rotatable bonds is 4. The standard InChI is InChI=1S/C15H17FN4O2/c1-9-4-5-10(7-11(9)16)14-19-13(22-20-14)8-18-15(21)12-3-2-6-17-12/h4-5,7,12,17H,2-3,6,8H2,1H3,(H,18,21). The van der Waals surface area contributed by atoms with Crippen LogP contribution in [0.3, 0.4) is 0 Å². The molecule has 3 rings (SSSR count). The van der Waals surface area contributed by atoms with Crippen LogP contribution in [0.15, 0.2) is 22.7 Å². The molecule has 7 heteroatoms.